The largest absolute Gasteiger partial charge is 0.370 e. The summed E-state index contributed by atoms with van der Waals surface area (Å²) in [6.45, 7) is 5.41. The number of aromatic amines is 1. The monoisotopic (exact) mass is 312 g/mol. The number of anilines is 1. The van der Waals surface area contributed by atoms with E-state index in [4.69, 9.17) is 0 Å². The van der Waals surface area contributed by atoms with Crippen LogP contribution >= 0.6 is 0 Å². The second-order valence-electron chi connectivity index (χ2n) is 7.02. The van der Waals surface area contributed by atoms with Gasteiger partial charge in [-0.2, -0.15) is 5.10 Å². The topological polar surface area (TPSA) is 53.6 Å². The van der Waals surface area contributed by atoms with Gasteiger partial charge in [0.2, 0.25) is 0 Å². The van der Waals surface area contributed by atoms with Crippen molar-refractivity contribution in [3.8, 4) is 11.1 Å². The Kier molecular flexibility index (Phi) is 5.31. The number of pyridine rings is 1. The second-order valence-corrected chi connectivity index (χ2v) is 7.02. The third-order valence-electron chi connectivity index (χ3n) is 4.86. The molecule has 0 amide bonds. The molecule has 4 nitrogen and oxygen atoms in total. The lowest BCUT2D eigenvalue weighted by Crippen LogP contribution is -2.14. The minimum absolute atomic E-state index is 0.433. The zero-order valence-corrected chi connectivity index (χ0v) is 14.3. The zero-order valence-electron chi connectivity index (χ0n) is 14.3. The van der Waals surface area contributed by atoms with E-state index in [2.05, 4.69) is 46.5 Å². The van der Waals surface area contributed by atoms with Crippen molar-refractivity contribution < 1.29 is 0 Å². The lowest BCUT2D eigenvalue weighted by molar-refractivity contribution is 0.483. The molecule has 0 unspecified atom stereocenters. The van der Waals surface area contributed by atoms with E-state index in [9.17, 15) is 0 Å². The van der Waals surface area contributed by atoms with Crippen LogP contribution in [-0.2, 0) is 0 Å². The third kappa shape index (κ3) is 4.12. The summed E-state index contributed by atoms with van der Waals surface area (Å²) in [5.74, 6) is 2.20. The van der Waals surface area contributed by atoms with E-state index in [1.54, 1.807) is 0 Å². The highest BCUT2D eigenvalue weighted by molar-refractivity contribution is 5.68. The van der Waals surface area contributed by atoms with Crippen LogP contribution in [0.1, 0.15) is 64.0 Å². The van der Waals surface area contributed by atoms with Gasteiger partial charge in [0.25, 0.3) is 0 Å². The molecule has 1 saturated carbocycles. The smallest absolute Gasteiger partial charge is 0.126 e. The Morgan fingerprint density at radius 3 is 2.74 bits per heavy atom. The summed E-state index contributed by atoms with van der Waals surface area (Å²) >= 11 is 0. The fourth-order valence-corrected chi connectivity index (χ4v) is 3.48. The van der Waals surface area contributed by atoms with Crippen LogP contribution in [0.25, 0.3) is 11.1 Å². The molecule has 2 aromatic heterocycles. The lowest BCUT2D eigenvalue weighted by Gasteiger charge is -2.15. The molecule has 3 rings (SSSR count). The van der Waals surface area contributed by atoms with E-state index >= 15 is 0 Å². The zero-order chi connectivity index (χ0) is 16.1. The van der Waals surface area contributed by atoms with Crippen molar-refractivity contribution in [3.05, 3.63) is 30.2 Å². The summed E-state index contributed by atoms with van der Waals surface area (Å²) in [5, 5.41) is 10.9. The summed E-state index contributed by atoms with van der Waals surface area (Å²) in [6, 6.07) is 4.21. The first-order valence-corrected chi connectivity index (χ1v) is 8.97. The Bertz CT molecular complexity index is 609. The van der Waals surface area contributed by atoms with Gasteiger partial charge in [0.15, 0.2) is 0 Å². The van der Waals surface area contributed by atoms with Gasteiger partial charge in [0.05, 0.1) is 6.20 Å². The first kappa shape index (κ1) is 16.0. The SMILES string of the molecule is CC(C)c1[nH]ncc1-c1ccnc(NCC2CCCCCC2)c1. The first-order chi connectivity index (χ1) is 11.2. The highest BCUT2D eigenvalue weighted by Crippen LogP contribution is 2.28. The van der Waals surface area contributed by atoms with E-state index in [0.717, 1.165) is 18.3 Å². The van der Waals surface area contributed by atoms with E-state index in [0.29, 0.717) is 5.92 Å². The average Bonchev–Trinajstić information content (AvgIpc) is 2.91. The molecule has 2 N–H and O–H groups in total. The number of hydrogen-bond acceptors (Lipinski definition) is 3. The lowest BCUT2D eigenvalue weighted by atomic mass is 10.00. The molecule has 1 aliphatic carbocycles. The molecule has 2 heterocycles. The summed E-state index contributed by atoms with van der Waals surface area (Å²) in [6.07, 6.45) is 12.1. The molecule has 0 aliphatic heterocycles. The molecule has 2 aromatic rings. The molecule has 0 radical (unpaired) electrons. The maximum Gasteiger partial charge on any atom is 0.126 e. The number of nitrogens with one attached hydrogen (secondary N) is 2. The fourth-order valence-electron chi connectivity index (χ4n) is 3.48. The minimum Gasteiger partial charge on any atom is -0.370 e. The summed E-state index contributed by atoms with van der Waals surface area (Å²) in [4.78, 5) is 4.49. The van der Waals surface area contributed by atoms with E-state index in [1.807, 2.05) is 12.4 Å². The molecule has 0 aromatic carbocycles. The molecular weight excluding hydrogens is 284 g/mol. The Hall–Kier alpha value is -1.84. The van der Waals surface area contributed by atoms with Crippen molar-refractivity contribution in [2.45, 2.75) is 58.3 Å². The molecule has 0 bridgehead atoms. The number of aromatic nitrogens is 3. The molecular formula is C19H28N4. The predicted octanol–water partition coefficient (Wildman–Crippen LogP) is 4.98. The molecule has 0 saturated heterocycles. The van der Waals surface area contributed by atoms with Crippen LogP contribution in [0.15, 0.2) is 24.5 Å². The van der Waals surface area contributed by atoms with Crippen LogP contribution in [0.2, 0.25) is 0 Å². The molecule has 0 atom stereocenters. The van der Waals surface area contributed by atoms with E-state index in [-0.39, 0.29) is 0 Å². The van der Waals surface area contributed by atoms with Crippen LogP contribution in [-0.4, -0.2) is 21.7 Å². The highest BCUT2D eigenvalue weighted by Gasteiger charge is 2.14. The van der Waals surface area contributed by atoms with Gasteiger partial charge in [-0.3, -0.25) is 5.10 Å². The molecule has 124 valence electrons. The van der Waals surface area contributed by atoms with Gasteiger partial charge in [-0.15, -0.1) is 0 Å². The quantitative estimate of drug-likeness (QED) is 0.766. The number of rotatable bonds is 5. The Balaban J connectivity index is 1.68. The summed E-state index contributed by atoms with van der Waals surface area (Å²) in [5.41, 5.74) is 3.55. The van der Waals surface area contributed by atoms with Gasteiger partial charge < -0.3 is 5.32 Å². The van der Waals surface area contributed by atoms with Crippen molar-refractivity contribution in [2.75, 3.05) is 11.9 Å². The van der Waals surface area contributed by atoms with E-state index in [1.165, 1.54) is 55.3 Å². The van der Waals surface area contributed by atoms with Crippen molar-refractivity contribution in [2.24, 2.45) is 5.92 Å². The average molecular weight is 312 g/mol. The molecule has 1 aliphatic rings. The second kappa shape index (κ2) is 7.62. The highest BCUT2D eigenvalue weighted by atomic mass is 15.1. The minimum atomic E-state index is 0.433. The van der Waals surface area contributed by atoms with Crippen LogP contribution < -0.4 is 5.32 Å². The molecule has 23 heavy (non-hydrogen) atoms. The van der Waals surface area contributed by atoms with Gasteiger partial charge >= 0.3 is 0 Å². The van der Waals surface area contributed by atoms with E-state index < -0.39 is 0 Å². The van der Waals surface area contributed by atoms with Gasteiger partial charge in [0.1, 0.15) is 5.82 Å². The Labute approximate surface area is 139 Å². The summed E-state index contributed by atoms with van der Waals surface area (Å²) < 4.78 is 0. The molecule has 1 fully saturated rings. The fraction of sp³-hybridized carbons (Fsp3) is 0.579. The van der Waals surface area contributed by atoms with Crippen molar-refractivity contribution in [1.29, 1.82) is 0 Å². The molecule has 4 heteroatoms. The maximum atomic E-state index is 4.49. The van der Waals surface area contributed by atoms with Gasteiger partial charge in [-0.1, -0.05) is 39.5 Å². The molecule has 0 spiro atoms. The Morgan fingerprint density at radius 2 is 2.00 bits per heavy atom. The van der Waals surface area contributed by atoms with Crippen LogP contribution in [0, 0.1) is 5.92 Å². The summed E-state index contributed by atoms with van der Waals surface area (Å²) in [7, 11) is 0. The van der Waals surface area contributed by atoms with Gasteiger partial charge in [-0.05, 0) is 42.4 Å². The van der Waals surface area contributed by atoms with Gasteiger partial charge in [-0.25, -0.2) is 4.98 Å². The van der Waals surface area contributed by atoms with Gasteiger partial charge in [0, 0.05) is 24.0 Å². The predicted molar refractivity (Wildman–Crippen MR) is 95.6 cm³/mol. The van der Waals surface area contributed by atoms with Crippen LogP contribution in [0.5, 0.6) is 0 Å². The number of H-pyrrole nitrogens is 1. The normalized spacial score (nSPS) is 16.5. The van der Waals surface area contributed by atoms with Crippen LogP contribution in [0.4, 0.5) is 5.82 Å². The number of nitrogens with zero attached hydrogens (tertiary/aromatic N) is 2. The maximum absolute atomic E-state index is 4.49. The Morgan fingerprint density at radius 1 is 1.22 bits per heavy atom. The van der Waals surface area contributed by atoms with Crippen molar-refractivity contribution >= 4 is 5.82 Å². The first-order valence-electron chi connectivity index (χ1n) is 8.97. The van der Waals surface area contributed by atoms with Crippen molar-refractivity contribution in [1.82, 2.24) is 15.2 Å². The van der Waals surface area contributed by atoms with Crippen LogP contribution in [0.3, 0.4) is 0 Å². The van der Waals surface area contributed by atoms with Crippen molar-refractivity contribution in [3.63, 3.8) is 0 Å². The number of hydrogen-bond donors (Lipinski definition) is 2. The third-order valence-corrected chi connectivity index (χ3v) is 4.86. The standard InChI is InChI=1S/C19H28N4/c1-14(2)19-17(13-22-23-19)16-9-10-20-18(11-16)21-12-15-7-5-3-4-6-8-15/h9-11,13-15H,3-8,12H2,1-2H3,(H,20,21)(H,22,23).